The lowest BCUT2D eigenvalue weighted by Crippen LogP contribution is -2.37. The van der Waals surface area contributed by atoms with Gasteiger partial charge in [0.15, 0.2) is 23.6 Å². The zero-order valence-electron chi connectivity index (χ0n) is 18.3. The summed E-state index contributed by atoms with van der Waals surface area (Å²) in [5, 5.41) is 4.32. The summed E-state index contributed by atoms with van der Waals surface area (Å²) in [6, 6.07) is 9.88. The minimum absolute atomic E-state index is 0.0719. The Labute approximate surface area is 193 Å². The highest BCUT2D eigenvalue weighted by atomic mass is 19.1. The van der Waals surface area contributed by atoms with Crippen molar-refractivity contribution in [3.05, 3.63) is 59.8 Å². The van der Waals surface area contributed by atoms with Gasteiger partial charge in [-0.15, -0.1) is 0 Å². The van der Waals surface area contributed by atoms with Crippen LogP contribution in [0.15, 0.2) is 42.6 Å². The number of halogens is 1. The Morgan fingerprint density at radius 1 is 1.18 bits per heavy atom. The van der Waals surface area contributed by atoms with Crippen molar-refractivity contribution >= 4 is 35.2 Å². The molecule has 34 heavy (non-hydrogen) atoms. The molecule has 12 heteroatoms. The fraction of sp³-hybridized carbons (Fsp3) is 0.182. The molecule has 0 aliphatic carbocycles. The van der Waals surface area contributed by atoms with Crippen molar-refractivity contribution in [1.29, 1.82) is 0 Å². The Hall–Kier alpha value is -4.61. The van der Waals surface area contributed by atoms with Crippen LogP contribution in [0.5, 0.6) is 0 Å². The molecule has 0 aliphatic heterocycles. The molecule has 0 fully saturated rings. The van der Waals surface area contributed by atoms with Crippen molar-refractivity contribution < 1.29 is 18.7 Å². The number of carbonyl (C=O) groups is 2. The summed E-state index contributed by atoms with van der Waals surface area (Å²) < 4.78 is 20.5. The lowest BCUT2D eigenvalue weighted by atomic mass is 10.1. The van der Waals surface area contributed by atoms with E-state index in [-0.39, 0.29) is 41.9 Å². The molecule has 1 aromatic carbocycles. The van der Waals surface area contributed by atoms with Gasteiger partial charge in [-0.1, -0.05) is 18.2 Å². The number of aromatic nitrogens is 5. The van der Waals surface area contributed by atoms with Crippen molar-refractivity contribution in [1.82, 2.24) is 24.6 Å². The Morgan fingerprint density at radius 3 is 2.56 bits per heavy atom. The van der Waals surface area contributed by atoms with Gasteiger partial charge in [-0.05, 0) is 30.7 Å². The monoisotopic (exact) mass is 464 g/mol. The smallest absolute Gasteiger partial charge is 0.293 e. The van der Waals surface area contributed by atoms with Gasteiger partial charge in [0, 0.05) is 19.7 Å². The number of likely N-dealkylation sites (N-methyl/N-ethyl adjacent to an activating group) is 1. The van der Waals surface area contributed by atoms with E-state index in [1.165, 1.54) is 20.0 Å². The van der Waals surface area contributed by atoms with E-state index in [0.717, 1.165) is 4.90 Å². The summed E-state index contributed by atoms with van der Waals surface area (Å²) in [6.07, 6.45) is 0.712. The number of nitrogens with zero attached hydrogens (tertiary/aromatic N) is 6. The number of nitrogens with two attached hydrogens (primary N) is 2. The third-order valence-electron chi connectivity index (χ3n) is 5.21. The van der Waals surface area contributed by atoms with Crippen molar-refractivity contribution in [3.8, 4) is 11.5 Å². The number of fused-ring (bicyclic) bond motifs is 1. The quantitative estimate of drug-likeness (QED) is 0.388. The largest absolute Gasteiger partial charge is 0.455 e. The van der Waals surface area contributed by atoms with E-state index in [2.05, 4.69) is 24.8 Å². The second kappa shape index (κ2) is 9.10. The summed E-state index contributed by atoms with van der Waals surface area (Å²) in [5.41, 5.74) is 13.7. The third-order valence-corrected chi connectivity index (χ3v) is 5.21. The van der Waals surface area contributed by atoms with E-state index in [1.54, 1.807) is 41.0 Å². The zero-order valence-corrected chi connectivity index (χ0v) is 18.3. The number of benzene rings is 1. The van der Waals surface area contributed by atoms with Crippen LogP contribution >= 0.6 is 0 Å². The number of hydrogen-bond acceptors (Lipinski definition) is 9. The molecule has 0 bridgehead atoms. The first-order valence-electron chi connectivity index (χ1n) is 10.2. The average Bonchev–Trinajstić information content (AvgIpc) is 3.18. The van der Waals surface area contributed by atoms with Crippen LogP contribution in [0.2, 0.25) is 0 Å². The molecular weight excluding hydrogens is 443 g/mol. The summed E-state index contributed by atoms with van der Waals surface area (Å²) in [6.45, 7) is 1.59. The molecule has 0 saturated heterocycles. The minimum Gasteiger partial charge on any atom is -0.455 e. The van der Waals surface area contributed by atoms with Crippen molar-refractivity contribution in [3.63, 3.8) is 0 Å². The molecule has 4 rings (SSSR count). The highest BCUT2D eigenvalue weighted by Gasteiger charge is 2.26. The van der Waals surface area contributed by atoms with Gasteiger partial charge in [-0.2, -0.15) is 5.10 Å². The topological polar surface area (TPSA) is 155 Å². The fourth-order valence-electron chi connectivity index (χ4n) is 3.55. The van der Waals surface area contributed by atoms with Crippen LogP contribution in [-0.4, -0.2) is 50.1 Å². The van der Waals surface area contributed by atoms with Crippen molar-refractivity contribution in [2.24, 2.45) is 0 Å². The zero-order chi connectivity index (χ0) is 24.4. The Morgan fingerprint density at radius 2 is 1.88 bits per heavy atom. The standard InChI is InChI=1S/C22H21FN8O3/c1-12(34-11-32)22(33)30(2)18-19(24)28-21(29-20(18)25)17-15-8-5-9-26-31(15)16(27-17)10-13-6-3-4-7-14(13)23/h3-9,11-12H,10H2,1-2H3,(H4,24,25,28,29). The van der Waals surface area contributed by atoms with Crippen LogP contribution in [0, 0.1) is 5.82 Å². The number of imidazole rings is 1. The molecule has 4 N–H and O–H groups in total. The first-order chi connectivity index (χ1) is 16.3. The minimum atomic E-state index is -1.05. The number of carbonyl (C=O) groups excluding carboxylic acids is 2. The van der Waals surface area contributed by atoms with E-state index >= 15 is 0 Å². The first kappa shape index (κ1) is 22.6. The van der Waals surface area contributed by atoms with Gasteiger partial charge in [0.05, 0.1) is 5.52 Å². The van der Waals surface area contributed by atoms with Crippen LogP contribution in [0.4, 0.5) is 21.7 Å². The number of amides is 1. The molecule has 174 valence electrons. The summed E-state index contributed by atoms with van der Waals surface area (Å²) in [5.74, 6) is -0.485. The molecule has 4 aromatic rings. The van der Waals surface area contributed by atoms with Gasteiger partial charge in [-0.3, -0.25) is 9.59 Å². The number of nitrogen functional groups attached to an aromatic ring is 2. The SMILES string of the molecule is CC(OC=O)C(=O)N(C)c1c(N)nc(-c2nc(Cc3ccccc3F)n3ncccc23)nc1N. The van der Waals surface area contributed by atoms with Gasteiger partial charge in [-0.25, -0.2) is 23.9 Å². The van der Waals surface area contributed by atoms with Crippen molar-refractivity contribution in [2.45, 2.75) is 19.4 Å². The summed E-state index contributed by atoms with van der Waals surface area (Å²) in [4.78, 5) is 37.4. The highest BCUT2D eigenvalue weighted by molar-refractivity contribution is 6.01. The lowest BCUT2D eigenvalue weighted by Gasteiger charge is -2.22. The van der Waals surface area contributed by atoms with E-state index in [1.807, 2.05) is 0 Å². The Bertz CT molecular complexity index is 1370. The molecule has 1 amide bonds. The Kier molecular flexibility index (Phi) is 6.04. The predicted octanol–water partition coefficient (Wildman–Crippen LogP) is 1.60. The van der Waals surface area contributed by atoms with E-state index in [4.69, 9.17) is 11.5 Å². The van der Waals surface area contributed by atoms with Crippen LogP contribution in [0.1, 0.15) is 18.3 Å². The highest BCUT2D eigenvalue weighted by Crippen LogP contribution is 2.31. The summed E-state index contributed by atoms with van der Waals surface area (Å²) >= 11 is 0. The third kappa shape index (κ3) is 4.08. The molecule has 0 radical (unpaired) electrons. The molecule has 0 spiro atoms. The number of rotatable bonds is 7. The fourth-order valence-corrected chi connectivity index (χ4v) is 3.55. The van der Waals surface area contributed by atoms with Gasteiger partial charge in [0.25, 0.3) is 12.4 Å². The second-order valence-electron chi connectivity index (χ2n) is 7.40. The molecule has 11 nitrogen and oxygen atoms in total. The van der Waals surface area contributed by atoms with Gasteiger partial charge in [0.2, 0.25) is 0 Å². The van der Waals surface area contributed by atoms with Crippen molar-refractivity contribution in [2.75, 3.05) is 23.4 Å². The van der Waals surface area contributed by atoms with Crippen LogP contribution in [-0.2, 0) is 20.7 Å². The maximum Gasteiger partial charge on any atom is 0.293 e. The van der Waals surface area contributed by atoms with Gasteiger partial charge < -0.3 is 21.1 Å². The normalized spacial score (nSPS) is 11.9. The maximum absolute atomic E-state index is 14.2. The van der Waals surface area contributed by atoms with Crippen LogP contribution < -0.4 is 16.4 Å². The summed E-state index contributed by atoms with van der Waals surface area (Å²) in [7, 11) is 1.42. The van der Waals surface area contributed by atoms with Gasteiger partial charge in [0.1, 0.15) is 23.0 Å². The molecule has 0 saturated carbocycles. The molecular formula is C22H21FN8O3. The number of ether oxygens (including phenoxy) is 1. The predicted molar refractivity (Wildman–Crippen MR) is 122 cm³/mol. The molecule has 3 heterocycles. The van der Waals surface area contributed by atoms with Gasteiger partial charge >= 0.3 is 0 Å². The maximum atomic E-state index is 14.2. The van der Waals surface area contributed by atoms with Crippen LogP contribution in [0.3, 0.4) is 0 Å². The lowest BCUT2D eigenvalue weighted by molar-refractivity contribution is -0.142. The molecule has 1 atom stereocenters. The molecule has 3 aromatic heterocycles. The second-order valence-corrected chi connectivity index (χ2v) is 7.40. The van der Waals surface area contributed by atoms with Crippen LogP contribution in [0.25, 0.3) is 17.0 Å². The van der Waals surface area contributed by atoms with E-state index in [9.17, 15) is 14.0 Å². The number of hydrogen-bond donors (Lipinski definition) is 2. The first-order valence-corrected chi connectivity index (χ1v) is 10.2. The molecule has 0 aliphatic rings. The van der Waals surface area contributed by atoms with E-state index in [0.29, 0.717) is 22.6 Å². The number of anilines is 3. The average molecular weight is 464 g/mol. The Balaban J connectivity index is 1.76. The van der Waals surface area contributed by atoms with E-state index < -0.39 is 12.0 Å². The molecule has 1 unspecified atom stereocenters.